The zero-order valence-corrected chi connectivity index (χ0v) is 20.2. The highest BCUT2D eigenvalue weighted by Crippen LogP contribution is 2.43. The van der Waals surface area contributed by atoms with Crippen LogP contribution in [0.5, 0.6) is 6.01 Å². The molecule has 2 saturated heterocycles. The summed E-state index contributed by atoms with van der Waals surface area (Å²) in [6.45, 7) is 3.79. The van der Waals surface area contributed by atoms with Gasteiger partial charge in [-0.15, -0.1) is 0 Å². The number of hydrogen-bond acceptors (Lipinski definition) is 5. The monoisotopic (exact) mass is 528 g/mol. The van der Waals surface area contributed by atoms with Crippen molar-refractivity contribution >= 4 is 22.5 Å². The Kier molecular flexibility index (Phi) is 5.98. The molecule has 4 heterocycles. The number of ether oxygens (including phenoxy) is 1. The zero-order chi connectivity index (χ0) is 26.0. The van der Waals surface area contributed by atoms with Crippen molar-refractivity contribution in [1.29, 1.82) is 0 Å². The van der Waals surface area contributed by atoms with E-state index in [4.69, 9.17) is 16.3 Å². The van der Waals surface area contributed by atoms with Crippen LogP contribution in [0.15, 0.2) is 16.9 Å². The summed E-state index contributed by atoms with van der Waals surface area (Å²) in [5, 5.41) is -0.665. The minimum atomic E-state index is -4.83. The van der Waals surface area contributed by atoms with Gasteiger partial charge in [-0.05, 0) is 50.9 Å². The molecule has 3 aromatic rings. The fourth-order valence-electron chi connectivity index (χ4n) is 5.50. The average molecular weight is 529 g/mol. The fraction of sp³-hybridized carbons (Fsp3) is 0.458. The van der Waals surface area contributed by atoms with Gasteiger partial charge in [-0.1, -0.05) is 11.6 Å². The summed E-state index contributed by atoms with van der Waals surface area (Å²) in [6.07, 6.45) is -3.97. The van der Waals surface area contributed by atoms with Crippen LogP contribution in [0.4, 0.5) is 22.0 Å². The Morgan fingerprint density at radius 2 is 2.03 bits per heavy atom. The normalized spacial score (nSPS) is 22.4. The fourth-order valence-corrected chi connectivity index (χ4v) is 5.78. The molecule has 0 aliphatic carbocycles. The number of nitrogens with one attached hydrogen (secondary N) is 1. The molecule has 2 atom stereocenters. The van der Waals surface area contributed by atoms with Crippen LogP contribution in [0.3, 0.4) is 0 Å². The number of fused-ring (bicyclic) bond motifs is 2. The molecule has 36 heavy (non-hydrogen) atoms. The van der Waals surface area contributed by atoms with E-state index in [0.717, 1.165) is 19.0 Å². The quantitative estimate of drug-likeness (QED) is 0.461. The number of alkyl halides is 4. The summed E-state index contributed by atoms with van der Waals surface area (Å²) in [5.41, 5.74) is -4.15. The van der Waals surface area contributed by atoms with Crippen LogP contribution < -0.4 is 10.3 Å². The Balaban J connectivity index is 1.61. The van der Waals surface area contributed by atoms with Gasteiger partial charge in [0.15, 0.2) is 5.82 Å². The van der Waals surface area contributed by atoms with E-state index >= 15 is 4.39 Å². The maximum atomic E-state index is 15.8. The van der Waals surface area contributed by atoms with Crippen LogP contribution in [0.1, 0.15) is 36.1 Å². The predicted octanol–water partition coefficient (Wildman–Crippen LogP) is 5.37. The molecule has 0 bridgehead atoms. The largest absolute Gasteiger partial charge is 0.463 e. The molecule has 1 aromatic carbocycles. The van der Waals surface area contributed by atoms with Crippen LogP contribution in [0, 0.1) is 19.7 Å². The van der Waals surface area contributed by atoms with Gasteiger partial charge in [0.05, 0.1) is 32.8 Å². The van der Waals surface area contributed by atoms with Gasteiger partial charge in [-0.2, -0.15) is 18.2 Å². The first-order valence-electron chi connectivity index (χ1n) is 11.4. The number of pyridine rings is 1. The maximum Gasteiger partial charge on any atom is 0.418 e. The van der Waals surface area contributed by atoms with Crippen molar-refractivity contribution in [2.75, 3.05) is 19.7 Å². The molecule has 2 aliphatic heterocycles. The first kappa shape index (κ1) is 24.9. The molecule has 12 heteroatoms. The Hall–Kier alpha value is -2.79. The summed E-state index contributed by atoms with van der Waals surface area (Å²) in [7, 11) is 0. The Bertz CT molecular complexity index is 1430. The van der Waals surface area contributed by atoms with Crippen LogP contribution >= 0.6 is 11.6 Å². The first-order valence-corrected chi connectivity index (χ1v) is 11.8. The van der Waals surface area contributed by atoms with Crippen LogP contribution in [-0.4, -0.2) is 51.3 Å². The number of aromatic nitrogens is 3. The predicted molar refractivity (Wildman–Crippen MR) is 124 cm³/mol. The highest BCUT2D eigenvalue weighted by molar-refractivity contribution is 6.34. The van der Waals surface area contributed by atoms with Crippen molar-refractivity contribution in [3.8, 4) is 17.3 Å². The van der Waals surface area contributed by atoms with E-state index in [9.17, 15) is 22.4 Å². The summed E-state index contributed by atoms with van der Waals surface area (Å²) >= 11 is 6.20. The number of nitrogens with zero attached hydrogens (tertiary/aromatic N) is 3. The van der Waals surface area contributed by atoms with Crippen molar-refractivity contribution in [3.05, 3.63) is 50.1 Å². The molecular formula is C24H22ClF5N4O2. The van der Waals surface area contributed by atoms with E-state index in [-0.39, 0.29) is 35.7 Å². The van der Waals surface area contributed by atoms with Gasteiger partial charge in [-0.25, -0.2) is 8.78 Å². The molecule has 0 radical (unpaired) electrons. The van der Waals surface area contributed by atoms with E-state index in [1.165, 1.54) is 19.9 Å². The molecule has 2 aliphatic rings. The van der Waals surface area contributed by atoms with Crippen molar-refractivity contribution in [3.63, 3.8) is 0 Å². The second kappa shape index (κ2) is 8.65. The number of H-pyrrole nitrogens is 1. The third kappa shape index (κ3) is 4.11. The summed E-state index contributed by atoms with van der Waals surface area (Å²) in [6, 6.07) is 1.99. The number of rotatable bonds is 4. The Morgan fingerprint density at radius 1 is 1.28 bits per heavy atom. The van der Waals surface area contributed by atoms with Crippen LogP contribution in [-0.2, 0) is 6.18 Å². The van der Waals surface area contributed by atoms with Crippen molar-refractivity contribution in [1.82, 2.24) is 19.9 Å². The summed E-state index contributed by atoms with van der Waals surface area (Å²) < 4.78 is 77.2. The number of halogens is 6. The third-order valence-corrected chi connectivity index (χ3v) is 7.27. The second-order valence-corrected chi connectivity index (χ2v) is 9.89. The minimum Gasteiger partial charge on any atom is -0.463 e. The number of hydrogen-bond donors (Lipinski definition) is 1. The molecule has 6 nitrogen and oxygen atoms in total. The average Bonchev–Trinajstić information content (AvgIpc) is 3.27. The SMILES string of the molecule is Cc1cc(C)c(C(F)(F)F)c(-c2c(Cl)cc3c(=O)[nH]c(OC[C@@]45CCCN4C[C@@H](F)C5)nc3c2F)n1. The standard InChI is InChI=1S/C24H22ClF5N4O2/c1-11-6-12(2)31-20(17(11)24(28,29)30)16-15(25)7-14-19(18(16)27)32-22(33-21(14)35)36-10-23-4-3-5-34(23)9-13(26)8-23/h6-7,13H,3-5,8-10H2,1-2H3,(H,32,33,35)/t13-,23-/m0/s1. The van der Waals surface area contributed by atoms with E-state index in [2.05, 4.69) is 15.0 Å². The number of aromatic amines is 1. The van der Waals surface area contributed by atoms with Crippen LogP contribution in [0.25, 0.3) is 22.2 Å². The van der Waals surface area contributed by atoms with Crippen LogP contribution in [0.2, 0.25) is 5.02 Å². The second-order valence-electron chi connectivity index (χ2n) is 9.48. The molecule has 1 N–H and O–H groups in total. The van der Waals surface area contributed by atoms with E-state index in [1.54, 1.807) is 0 Å². The molecule has 192 valence electrons. The molecule has 2 aromatic heterocycles. The van der Waals surface area contributed by atoms with Gasteiger partial charge in [0.25, 0.3) is 11.6 Å². The molecule has 0 amide bonds. The first-order chi connectivity index (χ1) is 16.9. The van der Waals surface area contributed by atoms with Crippen molar-refractivity contribution < 1.29 is 26.7 Å². The molecule has 0 unspecified atom stereocenters. The lowest BCUT2D eigenvalue weighted by atomic mass is 9.95. The van der Waals surface area contributed by atoms with Gasteiger partial charge < -0.3 is 4.74 Å². The maximum absolute atomic E-state index is 15.8. The molecule has 0 spiro atoms. The van der Waals surface area contributed by atoms with Gasteiger partial charge in [0, 0.05) is 18.7 Å². The highest BCUT2D eigenvalue weighted by Gasteiger charge is 2.49. The van der Waals surface area contributed by atoms with E-state index in [0.29, 0.717) is 13.0 Å². The number of benzene rings is 1. The van der Waals surface area contributed by atoms with Gasteiger partial charge in [0.2, 0.25) is 0 Å². The zero-order valence-electron chi connectivity index (χ0n) is 19.4. The summed E-state index contributed by atoms with van der Waals surface area (Å²) in [4.78, 5) is 25.1. The van der Waals surface area contributed by atoms with E-state index in [1.807, 2.05) is 4.90 Å². The molecule has 0 saturated carbocycles. The number of aryl methyl sites for hydroxylation is 2. The minimum absolute atomic E-state index is 0.0286. The van der Waals surface area contributed by atoms with Crippen molar-refractivity contribution in [2.45, 2.75) is 51.0 Å². The smallest absolute Gasteiger partial charge is 0.418 e. The lowest BCUT2D eigenvalue weighted by molar-refractivity contribution is -0.137. The molecular weight excluding hydrogens is 507 g/mol. The van der Waals surface area contributed by atoms with Gasteiger partial charge >= 0.3 is 6.18 Å². The molecule has 5 rings (SSSR count). The van der Waals surface area contributed by atoms with E-state index < -0.39 is 56.6 Å². The summed E-state index contributed by atoms with van der Waals surface area (Å²) in [5.74, 6) is -1.22. The Morgan fingerprint density at radius 3 is 2.75 bits per heavy atom. The topological polar surface area (TPSA) is 71.1 Å². The third-order valence-electron chi connectivity index (χ3n) is 6.97. The Labute approximate surface area is 207 Å². The van der Waals surface area contributed by atoms with Crippen molar-refractivity contribution in [2.24, 2.45) is 0 Å². The van der Waals surface area contributed by atoms with Gasteiger partial charge in [-0.3, -0.25) is 19.7 Å². The molecule has 2 fully saturated rings. The lowest BCUT2D eigenvalue weighted by Crippen LogP contribution is -2.43. The van der Waals surface area contributed by atoms with Gasteiger partial charge in [0.1, 0.15) is 18.3 Å². The highest BCUT2D eigenvalue weighted by atomic mass is 35.5. The lowest BCUT2D eigenvalue weighted by Gasteiger charge is -2.30.